The Morgan fingerprint density at radius 1 is 0.810 bits per heavy atom. The number of nitrogens with zero attached hydrogens (tertiary/aromatic N) is 2. The average molecular weight is 284 g/mol. The molecule has 0 saturated heterocycles. The minimum Gasteiger partial charge on any atom is -0.456 e. The molecule has 0 spiro atoms. The van der Waals surface area contributed by atoms with Crippen LogP contribution in [0.3, 0.4) is 0 Å². The van der Waals surface area contributed by atoms with E-state index in [-0.39, 0.29) is 5.75 Å². The summed E-state index contributed by atoms with van der Waals surface area (Å²) < 4.78 is 31.3. The van der Waals surface area contributed by atoms with E-state index in [4.69, 9.17) is 4.74 Å². The van der Waals surface area contributed by atoms with Crippen molar-refractivity contribution in [3.8, 4) is 22.8 Å². The summed E-state index contributed by atoms with van der Waals surface area (Å²) in [5.41, 5.74) is 1.71. The highest BCUT2D eigenvalue weighted by Crippen LogP contribution is 2.24. The van der Waals surface area contributed by atoms with Crippen LogP contribution in [0.25, 0.3) is 11.3 Å². The van der Waals surface area contributed by atoms with E-state index in [1.807, 2.05) is 12.1 Å². The third-order valence-electron chi connectivity index (χ3n) is 2.84. The maximum absolute atomic E-state index is 13.1. The van der Waals surface area contributed by atoms with Crippen molar-refractivity contribution in [3.63, 3.8) is 0 Å². The van der Waals surface area contributed by atoms with Crippen molar-refractivity contribution in [2.24, 2.45) is 0 Å². The molecule has 0 atom stereocenters. The van der Waals surface area contributed by atoms with Crippen molar-refractivity contribution in [3.05, 3.63) is 72.7 Å². The van der Waals surface area contributed by atoms with Crippen LogP contribution < -0.4 is 4.74 Å². The Morgan fingerprint density at radius 2 is 1.57 bits per heavy atom. The van der Waals surface area contributed by atoms with Crippen molar-refractivity contribution in [2.75, 3.05) is 0 Å². The highest BCUT2D eigenvalue weighted by atomic mass is 19.2. The van der Waals surface area contributed by atoms with Crippen LogP contribution in [-0.2, 0) is 0 Å². The smallest absolute Gasteiger partial charge is 0.162 e. The Labute approximate surface area is 119 Å². The van der Waals surface area contributed by atoms with Gasteiger partial charge in [-0.05, 0) is 36.4 Å². The van der Waals surface area contributed by atoms with Gasteiger partial charge in [0.2, 0.25) is 0 Å². The minimum absolute atomic E-state index is 0.215. The number of aromatic nitrogens is 2. The Bertz CT molecular complexity index is 746. The number of hydrogen-bond donors (Lipinski definition) is 0. The van der Waals surface area contributed by atoms with Crippen LogP contribution in [0.5, 0.6) is 11.5 Å². The lowest BCUT2D eigenvalue weighted by molar-refractivity contribution is 0.460. The molecule has 3 aromatic rings. The summed E-state index contributed by atoms with van der Waals surface area (Å²) >= 11 is 0. The third kappa shape index (κ3) is 3.02. The maximum Gasteiger partial charge on any atom is 0.162 e. The zero-order chi connectivity index (χ0) is 14.7. The molecule has 0 saturated carbocycles. The normalized spacial score (nSPS) is 10.4. The fraction of sp³-hybridized carbons (Fsp3) is 0. The Morgan fingerprint density at radius 3 is 2.24 bits per heavy atom. The summed E-state index contributed by atoms with van der Waals surface area (Å²) in [5.74, 6) is -1.20. The van der Waals surface area contributed by atoms with Crippen LogP contribution >= 0.6 is 0 Å². The third-order valence-corrected chi connectivity index (χ3v) is 2.84. The lowest BCUT2D eigenvalue weighted by Crippen LogP contribution is -1.90. The van der Waals surface area contributed by atoms with Crippen LogP contribution in [0.4, 0.5) is 8.78 Å². The molecule has 3 nitrogen and oxygen atoms in total. The molecule has 0 radical (unpaired) electrons. The first-order valence-corrected chi connectivity index (χ1v) is 6.22. The van der Waals surface area contributed by atoms with Crippen molar-refractivity contribution in [1.82, 2.24) is 9.97 Å². The minimum atomic E-state index is -0.950. The van der Waals surface area contributed by atoms with E-state index in [1.54, 1.807) is 24.5 Å². The summed E-state index contributed by atoms with van der Waals surface area (Å²) in [7, 11) is 0. The molecule has 104 valence electrons. The topological polar surface area (TPSA) is 35.0 Å². The molecule has 0 amide bonds. The maximum atomic E-state index is 13.1. The van der Waals surface area contributed by atoms with E-state index >= 15 is 0 Å². The molecule has 21 heavy (non-hydrogen) atoms. The molecule has 3 rings (SSSR count). The number of hydrogen-bond acceptors (Lipinski definition) is 3. The molecule has 2 heterocycles. The van der Waals surface area contributed by atoms with E-state index in [1.165, 1.54) is 12.3 Å². The van der Waals surface area contributed by atoms with Crippen molar-refractivity contribution >= 4 is 0 Å². The van der Waals surface area contributed by atoms with Gasteiger partial charge >= 0.3 is 0 Å². The van der Waals surface area contributed by atoms with Crippen LogP contribution in [-0.4, -0.2) is 9.97 Å². The van der Waals surface area contributed by atoms with E-state index in [9.17, 15) is 8.78 Å². The van der Waals surface area contributed by atoms with Crippen molar-refractivity contribution < 1.29 is 13.5 Å². The highest BCUT2D eigenvalue weighted by molar-refractivity contribution is 5.58. The van der Waals surface area contributed by atoms with Gasteiger partial charge in [0.1, 0.15) is 11.5 Å². The zero-order valence-corrected chi connectivity index (χ0v) is 10.8. The first kappa shape index (κ1) is 13.2. The standard InChI is InChI=1S/C16H10F2N2O/c17-14-3-1-12(9-15(14)18)21-13-2-4-16(20-10-13)11-5-7-19-8-6-11/h1-10H. The summed E-state index contributed by atoms with van der Waals surface area (Å²) in [6.45, 7) is 0. The average Bonchev–Trinajstić information content (AvgIpc) is 2.53. The van der Waals surface area contributed by atoms with Crippen molar-refractivity contribution in [1.29, 1.82) is 0 Å². The predicted octanol–water partition coefficient (Wildman–Crippen LogP) is 4.21. The Hall–Kier alpha value is -2.82. The second-order valence-corrected chi connectivity index (χ2v) is 4.29. The van der Waals surface area contributed by atoms with Crippen LogP contribution in [0.2, 0.25) is 0 Å². The van der Waals surface area contributed by atoms with E-state index in [0.717, 1.165) is 23.4 Å². The fourth-order valence-corrected chi connectivity index (χ4v) is 1.81. The zero-order valence-electron chi connectivity index (χ0n) is 10.8. The van der Waals surface area contributed by atoms with Crippen LogP contribution in [0, 0.1) is 11.6 Å². The summed E-state index contributed by atoms with van der Waals surface area (Å²) in [5, 5.41) is 0. The predicted molar refractivity (Wildman–Crippen MR) is 73.9 cm³/mol. The van der Waals surface area contributed by atoms with E-state index in [2.05, 4.69) is 9.97 Å². The largest absolute Gasteiger partial charge is 0.456 e. The van der Waals surface area contributed by atoms with Crippen LogP contribution in [0.15, 0.2) is 61.1 Å². The molecule has 0 bridgehead atoms. The summed E-state index contributed by atoms with van der Waals surface area (Å²) in [4.78, 5) is 8.21. The number of rotatable bonds is 3. The Kier molecular flexibility index (Phi) is 3.55. The highest BCUT2D eigenvalue weighted by Gasteiger charge is 2.05. The first-order chi connectivity index (χ1) is 10.2. The molecule has 0 aliphatic rings. The lowest BCUT2D eigenvalue weighted by Gasteiger charge is -2.06. The molecule has 0 N–H and O–H groups in total. The van der Waals surface area contributed by atoms with Gasteiger partial charge in [0.25, 0.3) is 0 Å². The summed E-state index contributed by atoms with van der Waals surface area (Å²) in [6, 6.07) is 10.6. The second kappa shape index (κ2) is 5.66. The van der Waals surface area contributed by atoms with Gasteiger partial charge in [-0.15, -0.1) is 0 Å². The molecular formula is C16H10F2N2O. The van der Waals surface area contributed by atoms with Crippen molar-refractivity contribution in [2.45, 2.75) is 0 Å². The molecule has 5 heteroatoms. The van der Waals surface area contributed by atoms with Gasteiger partial charge in [0.05, 0.1) is 11.9 Å². The molecule has 0 aliphatic carbocycles. The summed E-state index contributed by atoms with van der Waals surface area (Å²) in [6.07, 6.45) is 4.89. The second-order valence-electron chi connectivity index (χ2n) is 4.29. The molecule has 1 aromatic carbocycles. The van der Waals surface area contributed by atoms with E-state index < -0.39 is 11.6 Å². The first-order valence-electron chi connectivity index (χ1n) is 6.22. The molecular weight excluding hydrogens is 274 g/mol. The van der Waals surface area contributed by atoms with Gasteiger partial charge in [-0.1, -0.05) is 0 Å². The number of ether oxygens (including phenoxy) is 1. The fourth-order valence-electron chi connectivity index (χ4n) is 1.81. The van der Waals surface area contributed by atoms with E-state index in [0.29, 0.717) is 5.75 Å². The lowest BCUT2D eigenvalue weighted by atomic mass is 10.2. The SMILES string of the molecule is Fc1ccc(Oc2ccc(-c3ccncc3)nc2)cc1F. The quantitative estimate of drug-likeness (QED) is 0.722. The monoisotopic (exact) mass is 284 g/mol. The molecule has 0 aliphatic heterocycles. The number of benzene rings is 1. The van der Waals surface area contributed by atoms with Gasteiger partial charge in [0.15, 0.2) is 11.6 Å². The van der Waals surface area contributed by atoms with Gasteiger partial charge in [0, 0.05) is 24.0 Å². The Balaban J connectivity index is 1.80. The van der Waals surface area contributed by atoms with Gasteiger partial charge in [-0.3, -0.25) is 9.97 Å². The number of pyridine rings is 2. The molecule has 0 unspecified atom stereocenters. The molecule has 0 fully saturated rings. The van der Waals surface area contributed by atoms with Gasteiger partial charge in [-0.2, -0.15) is 0 Å². The van der Waals surface area contributed by atoms with Crippen LogP contribution in [0.1, 0.15) is 0 Å². The molecule has 2 aromatic heterocycles. The van der Waals surface area contributed by atoms with Gasteiger partial charge < -0.3 is 4.74 Å². The van der Waals surface area contributed by atoms with Gasteiger partial charge in [-0.25, -0.2) is 8.78 Å². The number of halogens is 2.